The minimum Gasteiger partial charge on any atom is -0.384 e. The van der Waals surface area contributed by atoms with Crippen LogP contribution in [0.1, 0.15) is 19.4 Å². The first-order valence-electron chi connectivity index (χ1n) is 7.10. The molecule has 0 fully saturated rings. The summed E-state index contributed by atoms with van der Waals surface area (Å²) in [7, 11) is 0. The molecule has 1 aromatic rings. The van der Waals surface area contributed by atoms with Gasteiger partial charge in [-0.05, 0) is 43.7 Å². The van der Waals surface area contributed by atoms with Crippen molar-refractivity contribution in [2.24, 2.45) is 11.7 Å². The maximum atomic E-state index is 12.3. The van der Waals surface area contributed by atoms with Crippen LogP contribution in [0.25, 0.3) is 0 Å². The zero-order chi connectivity index (χ0) is 17.4. The molecule has 1 amide bonds. The van der Waals surface area contributed by atoms with E-state index in [0.717, 1.165) is 0 Å². The second-order valence-electron chi connectivity index (χ2n) is 4.98. The highest BCUT2D eigenvalue weighted by molar-refractivity contribution is 6.09. The lowest BCUT2D eigenvalue weighted by atomic mass is 9.95. The number of Topliss-reactive ketones (excluding diaryl/α,β-unsaturated/α-hetero) is 1. The smallest absolute Gasteiger partial charge is 0.239 e. The number of hydrogen-bond acceptors (Lipinski definition) is 3. The molecule has 0 aliphatic heterocycles. The lowest BCUT2D eigenvalue weighted by molar-refractivity contribution is -0.128. The minimum atomic E-state index is -0.941. The summed E-state index contributed by atoms with van der Waals surface area (Å²) in [5.41, 5.74) is 6.89. The molecular weight excluding hydrogens is 290 g/mol. The van der Waals surface area contributed by atoms with Crippen molar-refractivity contribution < 1.29 is 9.59 Å². The molecule has 23 heavy (non-hydrogen) atoms. The van der Waals surface area contributed by atoms with Gasteiger partial charge in [0.2, 0.25) is 5.91 Å². The highest BCUT2D eigenvalue weighted by Gasteiger charge is 2.25. The van der Waals surface area contributed by atoms with Gasteiger partial charge in [0.15, 0.2) is 0 Å². The molecule has 5 nitrogen and oxygen atoms in total. The molecule has 1 atom stereocenters. The Morgan fingerprint density at radius 1 is 1.26 bits per heavy atom. The Labute approximate surface area is 136 Å². The van der Waals surface area contributed by atoms with E-state index in [9.17, 15) is 9.59 Å². The van der Waals surface area contributed by atoms with E-state index < -0.39 is 11.8 Å². The predicted molar refractivity (Wildman–Crippen MR) is 93.4 cm³/mol. The number of nitrogens with two attached hydrogens (primary N) is 1. The van der Waals surface area contributed by atoms with Crippen LogP contribution in [-0.4, -0.2) is 17.5 Å². The Morgan fingerprint density at radius 3 is 2.35 bits per heavy atom. The molecule has 0 aromatic heterocycles. The number of carbonyl (C=O) groups is 2. The third kappa shape index (κ3) is 5.39. The molecule has 0 saturated carbocycles. The summed E-state index contributed by atoms with van der Waals surface area (Å²) in [6, 6.07) is 6.51. The monoisotopic (exact) mass is 311 g/mol. The molecule has 0 radical (unpaired) electrons. The third-order valence-electron chi connectivity index (χ3n) is 3.12. The fourth-order valence-electron chi connectivity index (χ4n) is 1.95. The number of nitrogen functional groups attached to an aromatic ring is 1. The molecule has 1 unspecified atom stereocenters. The number of amidine groups is 1. The van der Waals surface area contributed by atoms with Crippen molar-refractivity contribution in [1.82, 2.24) is 0 Å². The number of carbonyl (C=O) groups excluding carboxylic acids is 2. The van der Waals surface area contributed by atoms with E-state index >= 15 is 0 Å². The number of rotatable bonds is 7. The number of ketones is 1. The SMILES string of the molecule is C=C(/C=C\C=C/C)C(C(C)=O)C(=O)Nc1ccc(C(=N)N)cc1. The normalized spacial score (nSPS) is 12.3. The molecule has 1 rings (SSSR count). The lowest BCUT2D eigenvalue weighted by Gasteiger charge is -2.14. The van der Waals surface area contributed by atoms with Crippen molar-refractivity contribution in [3.05, 3.63) is 66.3 Å². The first-order chi connectivity index (χ1) is 10.9. The average Bonchev–Trinajstić information content (AvgIpc) is 2.47. The first-order valence-corrected chi connectivity index (χ1v) is 7.10. The molecule has 4 N–H and O–H groups in total. The van der Waals surface area contributed by atoms with Crippen molar-refractivity contribution in [2.75, 3.05) is 5.32 Å². The first kappa shape index (κ1) is 18.1. The summed E-state index contributed by atoms with van der Waals surface area (Å²) in [6.07, 6.45) is 7.00. The molecular formula is C18H21N3O2. The Morgan fingerprint density at radius 2 is 1.87 bits per heavy atom. The molecule has 5 heteroatoms. The van der Waals surface area contributed by atoms with Gasteiger partial charge in [0, 0.05) is 11.3 Å². The Kier molecular flexibility index (Phi) is 6.68. The van der Waals surface area contributed by atoms with Gasteiger partial charge >= 0.3 is 0 Å². The van der Waals surface area contributed by atoms with Gasteiger partial charge in [-0.2, -0.15) is 0 Å². The van der Waals surface area contributed by atoms with E-state index in [2.05, 4.69) is 11.9 Å². The van der Waals surface area contributed by atoms with Crippen LogP contribution < -0.4 is 11.1 Å². The summed E-state index contributed by atoms with van der Waals surface area (Å²) < 4.78 is 0. The summed E-state index contributed by atoms with van der Waals surface area (Å²) in [6.45, 7) is 7.03. The van der Waals surface area contributed by atoms with Gasteiger partial charge in [-0.25, -0.2) is 0 Å². The molecule has 0 aliphatic carbocycles. The second kappa shape index (κ2) is 8.48. The van der Waals surface area contributed by atoms with Crippen LogP contribution in [0.5, 0.6) is 0 Å². The van der Waals surface area contributed by atoms with Gasteiger partial charge in [-0.3, -0.25) is 15.0 Å². The molecule has 120 valence electrons. The van der Waals surface area contributed by atoms with Gasteiger partial charge < -0.3 is 11.1 Å². The number of hydrogen-bond donors (Lipinski definition) is 3. The van der Waals surface area contributed by atoms with E-state index in [-0.39, 0.29) is 11.6 Å². The van der Waals surface area contributed by atoms with Crippen LogP contribution in [0.3, 0.4) is 0 Å². The molecule has 1 aromatic carbocycles. The van der Waals surface area contributed by atoms with Gasteiger partial charge in [-0.1, -0.05) is 30.9 Å². The molecule has 0 spiro atoms. The lowest BCUT2D eigenvalue weighted by Crippen LogP contribution is -2.29. The zero-order valence-corrected chi connectivity index (χ0v) is 13.3. The molecule has 0 aliphatic rings. The summed E-state index contributed by atoms with van der Waals surface area (Å²) in [5.74, 6) is -1.71. The number of benzene rings is 1. The molecule has 0 saturated heterocycles. The van der Waals surface area contributed by atoms with Crippen LogP contribution in [0, 0.1) is 11.3 Å². The van der Waals surface area contributed by atoms with E-state index in [1.165, 1.54) is 6.92 Å². The topological polar surface area (TPSA) is 96.0 Å². The van der Waals surface area contributed by atoms with Crippen molar-refractivity contribution in [3.63, 3.8) is 0 Å². The maximum absolute atomic E-state index is 12.3. The van der Waals surface area contributed by atoms with Crippen LogP contribution in [-0.2, 0) is 9.59 Å². The molecule has 0 heterocycles. The number of amides is 1. The van der Waals surface area contributed by atoms with E-state index in [0.29, 0.717) is 16.8 Å². The number of allylic oxidation sites excluding steroid dienone is 4. The third-order valence-corrected chi connectivity index (χ3v) is 3.12. The Balaban J connectivity index is 2.88. The zero-order valence-electron chi connectivity index (χ0n) is 13.3. The number of anilines is 1. The average molecular weight is 311 g/mol. The highest BCUT2D eigenvalue weighted by atomic mass is 16.2. The minimum absolute atomic E-state index is 0.0491. The molecule has 0 bridgehead atoms. The standard InChI is InChI=1S/C18H21N3O2/c1-4-5-6-7-12(2)16(13(3)22)18(23)21-15-10-8-14(9-11-15)17(19)20/h4-11,16H,2H2,1,3H3,(H3,19,20)(H,21,23)/b5-4-,7-6-. The summed E-state index contributed by atoms with van der Waals surface area (Å²) in [4.78, 5) is 24.1. The second-order valence-corrected chi connectivity index (χ2v) is 4.98. The van der Waals surface area contributed by atoms with Crippen LogP contribution in [0.15, 0.2) is 60.7 Å². The number of nitrogens with one attached hydrogen (secondary N) is 2. The Hall–Kier alpha value is -2.95. The predicted octanol–water partition coefficient (Wildman–Crippen LogP) is 2.80. The fraction of sp³-hybridized carbons (Fsp3) is 0.167. The largest absolute Gasteiger partial charge is 0.384 e. The van der Waals surface area contributed by atoms with Crippen molar-refractivity contribution in [1.29, 1.82) is 5.41 Å². The van der Waals surface area contributed by atoms with Gasteiger partial charge in [-0.15, -0.1) is 0 Å². The quantitative estimate of drug-likeness (QED) is 0.313. The van der Waals surface area contributed by atoms with E-state index in [1.807, 2.05) is 13.0 Å². The maximum Gasteiger partial charge on any atom is 0.239 e. The van der Waals surface area contributed by atoms with Gasteiger partial charge in [0.25, 0.3) is 0 Å². The van der Waals surface area contributed by atoms with Crippen molar-refractivity contribution in [3.8, 4) is 0 Å². The van der Waals surface area contributed by atoms with Crippen molar-refractivity contribution in [2.45, 2.75) is 13.8 Å². The Bertz CT molecular complexity index is 670. The van der Waals surface area contributed by atoms with E-state index in [1.54, 1.807) is 42.5 Å². The van der Waals surface area contributed by atoms with Crippen LogP contribution in [0.2, 0.25) is 0 Å². The van der Waals surface area contributed by atoms with Crippen LogP contribution in [0.4, 0.5) is 5.69 Å². The summed E-state index contributed by atoms with van der Waals surface area (Å²) >= 11 is 0. The van der Waals surface area contributed by atoms with E-state index in [4.69, 9.17) is 11.1 Å². The summed E-state index contributed by atoms with van der Waals surface area (Å²) in [5, 5.41) is 10.0. The van der Waals surface area contributed by atoms with Crippen LogP contribution >= 0.6 is 0 Å². The van der Waals surface area contributed by atoms with Gasteiger partial charge in [0.05, 0.1) is 0 Å². The highest BCUT2D eigenvalue weighted by Crippen LogP contribution is 2.17. The van der Waals surface area contributed by atoms with Crippen molar-refractivity contribution >= 4 is 23.2 Å². The fourth-order valence-corrected chi connectivity index (χ4v) is 1.95. The van der Waals surface area contributed by atoms with Gasteiger partial charge in [0.1, 0.15) is 17.5 Å².